The first-order valence-electron chi connectivity index (χ1n) is 6.95. The topological polar surface area (TPSA) is 97.1 Å². The fraction of sp³-hybridized carbons (Fsp3) is 0.429. The smallest absolute Gasteiger partial charge is 0.355 e. The minimum atomic E-state index is -1.07. The van der Waals surface area contributed by atoms with Crippen LogP contribution in [0.3, 0.4) is 0 Å². The van der Waals surface area contributed by atoms with Crippen molar-refractivity contribution >= 4 is 23.2 Å². The molecule has 2 heterocycles. The van der Waals surface area contributed by atoms with E-state index in [2.05, 4.69) is 15.4 Å². The summed E-state index contributed by atoms with van der Waals surface area (Å²) in [6.07, 6.45) is 1.73. The second kappa shape index (κ2) is 6.69. The number of aromatic carboxylic acids is 1. The van der Waals surface area contributed by atoms with Gasteiger partial charge in [-0.2, -0.15) is 5.10 Å². The monoisotopic (exact) mass is 322 g/mol. The van der Waals surface area contributed by atoms with Crippen molar-refractivity contribution in [1.29, 1.82) is 0 Å². The minimum absolute atomic E-state index is 0.00378. The van der Waals surface area contributed by atoms with Crippen LogP contribution in [0.4, 0.5) is 0 Å². The Bertz CT molecular complexity index is 690. The summed E-state index contributed by atoms with van der Waals surface area (Å²) in [5.74, 6) is -1.15. The standard InChI is InChI=1S/C14H18N4O3S/c1-4-18-6-9(12(17-18)8(2)3)13(19)15-5-11-16-10(7-22-11)14(20)21/h6-8H,4-5H2,1-3H3,(H,15,19)(H,20,21). The highest BCUT2D eigenvalue weighted by atomic mass is 32.1. The van der Waals surface area contributed by atoms with E-state index < -0.39 is 5.97 Å². The molecule has 2 rings (SSSR count). The van der Waals surface area contributed by atoms with Gasteiger partial charge in [-0.1, -0.05) is 13.8 Å². The maximum absolute atomic E-state index is 12.3. The lowest BCUT2D eigenvalue weighted by atomic mass is 10.1. The van der Waals surface area contributed by atoms with Crippen LogP contribution in [0.5, 0.6) is 0 Å². The summed E-state index contributed by atoms with van der Waals surface area (Å²) in [6.45, 7) is 6.83. The Morgan fingerprint density at radius 3 is 2.73 bits per heavy atom. The average molecular weight is 322 g/mol. The molecule has 0 bridgehead atoms. The molecule has 8 heteroatoms. The SMILES string of the molecule is CCn1cc(C(=O)NCc2nc(C(=O)O)cs2)c(C(C)C)n1. The predicted molar refractivity (Wildman–Crippen MR) is 82.2 cm³/mol. The van der Waals surface area contributed by atoms with E-state index in [1.807, 2.05) is 20.8 Å². The summed E-state index contributed by atoms with van der Waals surface area (Å²) in [5, 5.41) is 18.0. The molecule has 7 nitrogen and oxygen atoms in total. The first-order valence-corrected chi connectivity index (χ1v) is 7.83. The number of amides is 1. The maximum Gasteiger partial charge on any atom is 0.355 e. The van der Waals surface area contributed by atoms with Crippen LogP contribution in [0, 0.1) is 0 Å². The highest BCUT2D eigenvalue weighted by Gasteiger charge is 2.18. The van der Waals surface area contributed by atoms with Gasteiger partial charge in [-0.25, -0.2) is 9.78 Å². The Kier molecular flexibility index (Phi) is 4.92. The molecule has 2 aromatic rings. The van der Waals surface area contributed by atoms with Gasteiger partial charge < -0.3 is 10.4 Å². The number of hydrogen-bond donors (Lipinski definition) is 2. The Morgan fingerprint density at radius 1 is 1.45 bits per heavy atom. The molecule has 0 aliphatic rings. The van der Waals surface area contributed by atoms with E-state index in [0.717, 1.165) is 5.69 Å². The van der Waals surface area contributed by atoms with E-state index in [9.17, 15) is 9.59 Å². The summed E-state index contributed by atoms with van der Waals surface area (Å²) in [4.78, 5) is 27.0. The molecule has 0 unspecified atom stereocenters. The number of carboxylic acid groups (broad SMARTS) is 1. The Hall–Kier alpha value is -2.22. The van der Waals surface area contributed by atoms with Crippen LogP contribution in [0.15, 0.2) is 11.6 Å². The van der Waals surface area contributed by atoms with Crippen LogP contribution in [-0.2, 0) is 13.1 Å². The van der Waals surface area contributed by atoms with Crippen molar-refractivity contribution in [3.05, 3.63) is 33.5 Å². The first kappa shape index (κ1) is 16.2. The number of carbonyl (C=O) groups is 2. The van der Waals surface area contributed by atoms with Gasteiger partial charge in [0.05, 0.1) is 17.8 Å². The Balaban J connectivity index is 2.08. The van der Waals surface area contributed by atoms with E-state index in [4.69, 9.17) is 5.11 Å². The number of aryl methyl sites for hydroxylation is 1. The third kappa shape index (κ3) is 3.51. The number of carboxylic acids is 1. The molecule has 0 saturated heterocycles. The predicted octanol–water partition coefficient (Wildman–Crippen LogP) is 2.11. The van der Waals surface area contributed by atoms with Gasteiger partial charge >= 0.3 is 5.97 Å². The number of thiazole rings is 1. The van der Waals surface area contributed by atoms with Crippen LogP contribution >= 0.6 is 11.3 Å². The molecule has 22 heavy (non-hydrogen) atoms. The molecule has 0 spiro atoms. The molecule has 118 valence electrons. The van der Waals surface area contributed by atoms with Crippen molar-refractivity contribution in [2.45, 2.75) is 39.8 Å². The van der Waals surface area contributed by atoms with Crippen LogP contribution in [0.2, 0.25) is 0 Å². The van der Waals surface area contributed by atoms with Gasteiger partial charge in [0.15, 0.2) is 5.69 Å². The van der Waals surface area contributed by atoms with Gasteiger partial charge in [0, 0.05) is 18.1 Å². The fourth-order valence-electron chi connectivity index (χ4n) is 1.94. The van der Waals surface area contributed by atoms with Crippen LogP contribution in [-0.4, -0.2) is 31.7 Å². The molecule has 0 saturated carbocycles. The molecule has 0 radical (unpaired) electrons. The van der Waals surface area contributed by atoms with E-state index in [-0.39, 0.29) is 24.1 Å². The fourth-order valence-corrected chi connectivity index (χ4v) is 2.65. The summed E-state index contributed by atoms with van der Waals surface area (Å²) < 4.78 is 1.73. The van der Waals surface area contributed by atoms with Crippen molar-refractivity contribution in [3.63, 3.8) is 0 Å². The highest BCUT2D eigenvalue weighted by Crippen LogP contribution is 2.18. The van der Waals surface area contributed by atoms with E-state index >= 15 is 0 Å². The Morgan fingerprint density at radius 2 is 2.18 bits per heavy atom. The number of hydrogen-bond acceptors (Lipinski definition) is 5. The molecule has 2 N–H and O–H groups in total. The number of carbonyl (C=O) groups excluding carboxylic acids is 1. The van der Waals surface area contributed by atoms with Gasteiger partial charge in [-0.05, 0) is 12.8 Å². The van der Waals surface area contributed by atoms with E-state index in [1.54, 1.807) is 10.9 Å². The lowest BCUT2D eigenvalue weighted by Crippen LogP contribution is -2.23. The second-order valence-corrected chi connectivity index (χ2v) is 6.00. The quantitative estimate of drug-likeness (QED) is 0.849. The van der Waals surface area contributed by atoms with Crippen molar-refractivity contribution in [2.75, 3.05) is 0 Å². The molecule has 0 atom stereocenters. The minimum Gasteiger partial charge on any atom is -0.476 e. The number of nitrogens with zero attached hydrogens (tertiary/aromatic N) is 3. The molecule has 1 amide bonds. The number of aromatic nitrogens is 3. The highest BCUT2D eigenvalue weighted by molar-refractivity contribution is 7.09. The second-order valence-electron chi connectivity index (χ2n) is 5.05. The first-order chi connectivity index (χ1) is 10.4. The average Bonchev–Trinajstić information content (AvgIpc) is 3.11. The van der Waals surface area contributed by atoms with Crippen molar-refractivity contribution < 1.29 is 14.7 Å². The summed E-state index contributed by atoms with van der Waals surface area (Å²) in [7, 11) is 0. The zero-order valence-electron chi connectivity index (χ0n) is 12.7. The normalized spacial score (nSPS) is 10.9. The van der Waals surface area contributed by atoms with Gasteiger partial charge in [0.2, 0.25) is 0 Å². The van der Waals surface area contributed by atoms with Crippen LogP contribution in [0.25, 0.3) is 0 Å². The number of rotatable bonds is 6. The molecule has 0 fully saturated rings. The molecule has 0 aliphatic heterocycles. The largest absolute Gasteiger partial charge is 0.476 e. The lowest BCUT2D eigenvalue weighted by molar-refractivity contribution is 0.0691. The zero-order chi connectivity index (χ0) is 16.3. The molecular formula is C14H18N4O3S. The maximum atomic E-state index is 12.3. The third-order valence-corrected chi connectivity index (χ3v) is 3.93. The molecule has 0 aliphatic carbocycles. The van der Waals surface area contributed by atoms with Gasteiger partial charge in [-0.15, -0.1) is 11.3 Å². The van der Waals surface area contributed by atoms with Crippen LogP contribution < -0.4 is 5.32 Å². The van der Waals surface area contributed by atoms with E-state index in [1.165, 1.54) is 16.7 Å². The molecule has 2 aromatic heterocycles. The molecule has 0 aromatic carbocycles. The molecular weight excluding hydrogens is 304 g/mol. The number of nitrogens with one attached hydrogen (secondary N) is 1. The lowest BCUT2D eigenvalue weighted by Gasteiger charge is -2.05. The van der Waals surface area contributed by atoms with Gasteiger partial charge in [-0.3, -0.25) is 9.48 Å². The van der Waals surface area contributed by atoms with Crippen molar-refractivity contribution in [2.24, 2.45) is 0 Å². The third-order valence-electron chi connectivity index (χ3n) is 3.08. The van der Waals surface area contributed by atoms with Crippen molar-refractivity contribution in [1.82, 2.24) is 20.1 Å². The summed E-state index contributed by atoms with van der Waals surface area (Å²) >= 11 is 1.21. The van der Waals surface area contributed by atoms with Crippen LogP contribution in [0.1, 0.15) is 58.2 Å². The zero-order valence-corrected chi connectivity index (χ0v) is 13.5. The van der Waals surface area contributed by atoms with Gasteiger partial charge in [0.25, 0.3) is 5.91 Å². The van der Waals surface area contributed by atoms with Crippen molar-refractivity contribution in [3.8, 4) is 0 Å². The summed E-state index contributed by atoms with van der Waals surface area (Å²) in [5.41, 5.74) is 1.30. The van der Waals surface area contributed by atoms with Gasteiger partial charge in [0.1, 0.15) is 5.01 Å². The summed E-state index contributed by atoms with van der Waals surface area (Å²) in [6, 6.07) is 0. The van der Waals surface area contributed by atoms with E-state index in [0.29, 0.717) is 17.1 Å². The Labute approximate surface area is 132 Å².